The van der Waals surface area contributed by atoms with E-state index in [-0.39, 0.29) is 11.3 Å². The summed E-state index contributed by atoms with van der Waals surface area (Å²) < 4.78 is 5.14. The number of aryl methyl sites for hydroxylation is 3. The third-order valence-corrected chi connectivity index (χ3v) is 4.86. The zero-order chi connectivity index (χ0) is 18.1. The van der Waals surface area contributed by atoms with E-state index in [1.165, 1.54) is 16.9 Å². The first kappa shape index (κ1) is 17.6. The summed E-state index contributed by atoms with van der Waals surface area (Å²) in [6, 6.07) is 4.18. The summed E-state index contributed by atoms with van der Waals surface area (Å²) in [7, 11) is 0. The highest BCUT2D eigenvalue weighted by Crippen LogP contribution is 2.34. The molecule has 1 N–H and O–H groups in total. The van der Waals surface area contributed by atoms with E-state index in [1.807, 2.05) is 13.8 Å². The van der Waals surface area contributed by atoms with Crippen molar-refractivity contribution in [1.29, 1.82) is 0 Å². The van der Waals surface area contributed by atoms with Crippen molar-refractivity contribution < 1.29 is 9.53 Å². The zero-order valence-electron chi connectivity index (χ0n) is 14.4. The van der Waals surface area contributed by atoms with Crippen LogP contribution in [-0.2, 0) is 4.74 Å². The van der Waals surface area contributed by atoms with Gasteiger partial charge in [0.1, 0.15) is 10.6 Å². The lowest BCUT2D eigenvalue weighted by Gasteiger charge is -2.14. The van der Waals surface area contributed by atoms with Gasteiger partial charge in [-0.2, -0.15) is 4.98 Å². The molecule has 2 heterocycles. The number of fused-ring (bicyclic) bond motifs is 1. The second-order valence-electron chi connectivity index (χ2n) is 5.79. The highest BCUT2D eigenvalue weighted by Gasteiger charge is 2.20. The number of rotatable bonds is 4. The quantitative estimate of drug-likeness (QED) is 0.502. The number of halogens is 1. The number of anilines is 2. The Hall–Kier alpha value is -2.18. The van der Waals surface area contributed by atoms with Gasteiger partial charge in [0.2, 0.25) is 5.28 Å². The summed E-state index contributed by atoms with van der Waals surface area (Å²) in [5, 5.41) is 5.83. The fraction of sp³-hybridized carbons (Fsp3) is 0.278. The van der Waals surface area contributed by atoms with Crippen LogP contribution in [0.3, 0.4) is 0 Å². The molecule has 5 nitrogen and oxygen atoms in total. The minimum Gasteiger partial charge on any atom is -0.462 e. The Labute approximate surface area is 155 Å². The lowest BCUT2D eigenvalue weighted by atomic mass is 10.0. The van der Waals surface area contributed by atoms with Gasteiger partial charge in [0.15, 0.2) is 0 Å². The van der Waals surface area contributed by atoms with E-state index in [0.717, 1.165) is 16.8 Å². The lowest BCUT2D eigenvalue weighted by Crippen LogP contribution is -2.06. The fourth-order valence-electron chi connectivity index (χ4n) is 2.86. The van der Waals surface area contributed by atoms with E-state index in [0.29, 0.717) is 28.2 Å². The molecule has 130 valence electrons. The average Bonchev–Trinajstić information content (AvgIpc) is 2.94. The molecular formula is C18H18ClN3O2S. The Morgan fingerprint density at radius 2 is 1.92 bits per heavy atom. The second kappa shape index (κ2) is 6.98. The molecule has 1 aromatic carbocycles. The smallest absolute Gasteiger partial charge is 0.339 e. The van der Waals surface area contributed by atoms with Crippen LogP contribution >= 0.6 is 22.9 Å². The molecule has 0 unspecified atom stereocenters. The van der Waals surface area contributed by atoms with Gasteiger partial charge in [-0.05, 0) is 50.4 Å². The summed E-state index contributed by atoms with van der Waals surface area (Å²) in [5.74, 6) is 0.120. The number of esters is 1. The molecule has 3 rings (SSSR count). The van der Waals surface area contributed by atoms with Crippen LogP contribution in [0.25, 0.3) is 10.2 Å². The van der Waals surface area contributed by atoms with Crippen LogP contribution in [-0.4, -0.2) is 22.5 Å². The maximum atomic E-state index is 12.3. The molecule has 0 aliphatic rings. The van der Waals surface area contributed by atoms with Crippen LogP contribution in [0.2, 0.25) is 5.28 Å². The van der Waals surface area contributed by atoms with Gasteiger partial charge in [-0.25, -0.2) is 9.78 Å². The summed E-state index contributed by atoms with van der Waals surface area (Å²) >= 11 is 7.41. The molecule has 0 amide bonds. The van der Waals surface area contributed by atoms with Gasteiger partial charge in [0, 0.05) is 11.1 Å². The average molecular weight is 376 g/mol. The number of aromatic nitrogens is 2. The van der Waals surface area contributed by atoms with Crippen molar-refractivity contribution in [2.24, 2.45) is 0 Å². The van der Waals surface area contributed by atoms with Crippen LogP contribution in [0.15, 0.2) is 17.5 Å². The minimum absolute atomic E-state index is 0.134. The molecule has 3 aromatic rings. The Morgan fingerprint density at radius 3 is 2.56 bits per heavy atom. The van der Waals surface area contributed by atoms with Crippen LogP contribution in [0.1, 0.15) is 34.0 Å². The van der Waals surface area contributed by atoms with E-state index >= 15 is 0 Å². The summed E-state index contributed by atoms with van der Waals surface area (Å²) in [6.07, 6.45) is 0. The number of benzene rings is 1. The van der Waals surface area contributed by atoms with Gasteiger partial charge < -0.3 is 10.1 Å². The van der Waals surface area contributed by atoms with Crippen molar-refractivity contribution in [2.45, 2.75) is 27.7 Å². The third kappa shape index (κ3) is 3.45. The van der Waals surface area contributed by atoms with E-state index < -0.39 is 0 Å². The highest BCUT2D eigenvalue weighted by atomic mass is 35.5. The molecule has 25 heavy (non-hydrogen) atoms. The van der Waals surface area contributed by atoms with E-state index in [4.69, 9.17) is 16.3 Å². The molecule has 7 heteroatoms. The van der Waals surface area contributed by atoms with Crippen molar-refractivity contribution in [3.05, 3.63) is 45.1 Å². The van der Waals surface area contributed by atoms with Crippen molar-refractivity contribution in [3.63, 3.8) is 0 Å². The number of thiophene rings is 1. The van der Waals surface area contributed by atoms with Crippen LogP contribution in [0, 0.1) is 20.8 Å². The Bertz CT molecular complexity index is 945. The lowest BCUT2D eigenvalue weighted by molar-refractivity contribution is 0.0529. The molecule has 0 radical (unpaired) electrons. The largest absolute Gasteiger partial charge is 0.462 e. The zero-order valence-corrected chi connectivity index (χ0v) is 16.0. The van der Waals surface area contributed by atoms with Gasteiger partial charge in [0.25, 0.3) is 0 Å². The van der Waals surface area contributed by atoms with E-state index in [9.17, 15) is 4.79 Å². The first-order valence-electron chi connectivity index (χ1n) is 7.87. The van der Waals surface area contributed by atoms with Crippen molar-refractivity contribution in [1.82, 2.24) is 9.97 Å². The first-order chi connectivity index (χ1) is 11.9. The van der Waals surface area contributed by atoms with Crippen LogP contribution < -0.4 is 5.32 Å². The van der Waals surface area contributed by atoms with E-state index in [2.05, 4.69) is 34.3 Å². The monoisotopic (exact) mass is 375 g/mol. The maximum absolute atomic E-state index is 12.3. The minimum atomic E-state index is -0.389. The Kier molecular flexibility index (Phi) is 4.92. The Morgan fingerprint density at radius 1 is 1.24 bits per heavy atom. The number of nitrogens with zero attached hydrogens (tertiary/aromatic N) is 2. The van der Waals surface area contributed by atoms with Crippen molar-refractivity contribution >= 4 is 50.6 Å². The van der Waals surface area contributed by atoms with Gasteiger partial charge >= 0.3 is 5.97 Å². The molecule has 0 saturated heterocycles. The van der Waals surface area contributed by atoms with Gasteiger partial charge in [-0.15, -0.1) is 11.3 Å². The normalized spacial score (nSPS) is 10.9. The number of ether oxygens (including phenoxy) is 1. The SMILES string of the molecule is CCOC(=O)c1csc2nc(Cl)nc(Nc3c(C)cc(C)cc3C)c12. The molecule has 0 aliphatic heterocycles. The standard InChI is InChI=1S/C18H18ClN3O2S/c1-5-24-17(23)12-8-25-16-13(12)15(21-18(19)22-16)20-14-10(3)6-9(2)7-11(14)4/h6-8H,5H2,1-4H3,(H,20,21,22). The maximum Gasteiger partial charge on any atom is 0.339 e. The van der Waals surface area contributed by atoms with Crippen LogP contribution in [0.4, 0.5) is 11.5 Å². The molecule has 0 atom stereocenters. The predicted octanol–water partition coefficient (Wildman–Crippen LogP) is 5.19. The van der Waals surface area contributed by atoms with Crippen LogP contribution in [0.5, 0.6) is 0 Å². The number of nitrogens with one attached hydrogen (secondary N) is 1. The molecule has 0 bridgehead atoms. The van der Waals surface area contributed by atoms with Crippen molar-refractivity contribution in [3.8, 4) is 0 Å². The number of hydrogen-bond acceptors (Lipinski definition) is 6. The molecule has 0 spiro atoms. The van der Waals surface area contributed by atoms with Gasteiger partial charge in [0.05, 0.1) is 17.6 Å². The number of hydrogen-bond donors (Lipinski definition) is 1. The fourth-order valence-corrected chi connectivity index (χ4v) is 3.99. The Balaban J connectivity index is 2.16. The molecule has 2 aromatic heterocycles. The molecule has 0 fully saturated rings. The first-order valence-corrected chi connectivity index (χ1v) is 9.13. The van der Waals surface area contributed by atoms with Gasteiger partial charge in [-0.1, -0.05) is 17.7 Å². The topological polar surface area (TPSA) is 64.1 Å². The highest BCUT2D eigenvalue weighted by molar-refractivity contribution is 7.17. The summed E-state index contributed by atoms with van der Waals surface area (Å²) in [6.45, 7) is 8.20. The molecule has 0 saturated carbocycles. The number of carbonyl (C=O) groups excluding carboxylic acids is 1. The van der Waals surface area contributed by atoms with E-state index in [1.54, 1.807) is 12.3 Å². The third-order valence-electron chi connectivity index (χ3n) is 3.82. The van der Waals surface area contributed by atoms with Gasteiger partial charge in [-0.3, -0.25) is 0 Å². The summed E-state index contributed by atoms with van der Waals surface area (Å²) in [4.78, 5) is 21.4. The molecule has 0 aliphatic carbocycles. The molecular weight excluding hydrogens is 358 g/mol. The predicted molar refractivity (Wildman–Crippen MR) is 102 cm³/mol. The number of carbonyl (C=O) groups is 1. The second-order valence-corrected chi connectivity index (χ2v) is 6.99. The van der Waals surface area contributed by atoms with Crippen molar-refractivity contribution in [2.75, 3.05) is 11.9 Å². The summed E-state index contributed by atoms with van der Waals surface area (Å²) in [5.41, 5.74) is 4.77.